The Morgan fingerprint density at radius 1 is 1.08 bits per heavy atom. The molecule has 2 aromatic rings. The number of benzene rings is 2. The van der Waals surface area contributed by atoms with Gasteiger partial charge in [0.1, 0.15) is 23.4 Å². The maximum Gasteiger partial charge on any atom is 0.446 e. The number of aliphatic hydroxyl groups is 1. The Labute approximate surface area is 142 Å². The monoisotopic (exact) mass is 380 g/mol. The van der Waals surface area contributed by atoms with Crippen LogP contribution in [0.2, 0.25) is 0 Å². The van der Waals surface area contributed by atoms with Gasteiger partial charge >= 0.3 is 5.51 Å². The van der Waals surface area contributed by atoms with Crippen molar-refractivity contribution in [3.05, 3.63) is 53.3 Å². The highest BCUT2D eigenvalue weighted by Crippen LogP contribution is 2.52. The number of halogens is 6. The van der Waals surface area contributed by atoms with Crippen LogP contribution in [0.1, 0.15) is 17.2 Å². The minimum Gasteiger partial charge on any atom is -0.457 e. The number of thioether (sulfide) groups is 1. The Morgan fingerprint density at radius 2 is 1.72 bits per heavy atom. The number of hydrogen-bond acceptors (Lipinski definition) is 3. The van der Waals surface area contributed by atoms with E-state index in [1.165, 1.54) is 12.1 Å². The number of aliphatic hydroxyl groups excluding tert-OH is 1. The summed E-state index contributed by atoms with van der Waals surface area (Å²) in [6, 6.07) is 6.79. The van der Waals surface area contributed by atoms with E-state index in [0.717, 1.165) is 24.3 Å². The van der Waals surface area contributed by atoms with Gasteiger partial charge in [0.25, 0.3) is 5.92 Å². The molecule has 9 heteroatoms. The van der Waals surface area contributed by atoms with Crippen molar-refractivity contribution in [2.75, 3.05) is 0 Å². The molecule has 0 spiro atoms. The summed E-state index contributed by atoms with van der Waals surface area (Å²) in [4.78, 5) is -0.501. The van der Waals surface area contributed by atoms with E-state index >= 15 is 0 Å². The topological polar surface area (TPSA) is 29.5 Å². The second kappa shape index (κ2) is 6.14. The first kappa shape index (κ1) is 17.9. The number of hydrogen-bond donors (Lipinski definition) is 1. The minimum absolute atomic E-state index is 0.107. The van der Waals surface area contributed by atoms with Crippen molar-refractivity contribution in [3.63, 3.8) is 0 Å². The lowest BCUT2D eigenvalue weighted by molar-refractivity contribution is -0.0977. The molecule has 0 heterocycles. The predicted octanol–water partition coefficient (Wildman–Crippen LogP) is 5.45. The lowest BCUT2D eigenvalue weighted by atomic mass is 10.1. The molecule has 2 nitrogen and oxygen atoms in total. The summed E-state index contributed by atoms with van der Waals surface area (Å²) in [6.07, 6.45) is -3.31. The molecule has 0 saturated carbocycles. The molecule has 0 fully saturated rings. The number of alkyl halides is 5. The summed E-state index contributed by atoms with van der Waals surface area (Å²) in [5.41, 5.74) is -5.38. The van der Waals surface area contributed by atoms with Crippen molar-refractivity contribution < 1.29 is 36.2 Å². The Hall–Kier alpha value is -1.87. The van der Waals surface area contributed by atoms with Gasteiger partial charge in [-0.25, -0.2) is 13.2 Å². The molecule has 134 valence electrons. The maximum absolute atomic E-state index is 13.9. The second-order valence-electron chi connectivity index (χ2n) is 5.40. The maximum atomic E-state index is 13.9. The average Bonchev–Trinajstić information content (AvgIpc) is 2.74. The van der Waals surface area contributed by atoms with Gasteiger partial charge in [0.05, 0.1) is 0 Å². The minimum atomic E-state index is -4.69. The normalized spacial score (nSPS) is 18.9. The van der Waals surface area contributed by atoms with Gasteiger partial charge in [-0.2, -0.15) is 13.2 Å². The van der Waals surface area contributed by atoms with Crippen LogP contribution in [0.15, 0.2) is 41.3 Å². The summed E-state index contributed by atoms with van der Waals surface area (Å²) in [5.74, 6) is -4.11. The number of ether oxygens (including phenoxy) is 1. The van der Waals surface area contributed by atoms with Crippen LogP contribution < -0.4 is 4.74 Å². The van der Waals surface area contributed by atoms with Crippen LogP contribution >= 0.6 is 11.8 Å². The van der Waals surface area contributed by atoms with E-state index in [4.69, 9.17) is 4.74 Å². The third-order valence-electron chi connectivity index (χ3n) is 3.63. The van der Waals surface area contributed by atoms with Crippen molar-refractivity contribution in [1.29, 1.82) is 0 Å². The molecule has 0 amide bonds. The summed E-state index contributed by atoms with van der Waals surface area (Å²) >= 11 is -0.571. The lowest BCUT2D eigenvalue weighted by Gasteiger charge is -2.17. The average molecular weight is 380 g/mol. The van der Waals surface area contributed by atoms with Crippen LogP contribution in [0.5, 0.6) is 11.5 Å². The van der Waals surface area contributed by atoms with Gasteiger partial charge in [-0.05, 0) is 48.2 Å². The summed E-state index contributed by atoms with van der Waals surface area (Å²) < 4.78 is 84.0. The Morgan fingerprint density at radius 3 is 2.32 bits per heavy atom. The molecule has 2 aromatic carbocycles. The first-order valence-corrected chi connectivity index (χ1v) is 7.79. The standard InChI is InChI=1S/C16H10F6O2S/c17-8-1-3-9(4-2-8)24-11-5-6-12(25-16(20,21)22)13-10(11)7-15(18,19)14(13)23/h1-6,14,23H,7H2. The van der Waals surface area contributed by atoms with E-state index in [9.17, 15) is 31.4 Å². The predicted molar refractivity (Wildman–Crippen MR) is 78.4 cm³/mol. The van der Waals surface area contributed by atoms with Crippen LogP contribution in [0, 0.1) is 5.82 Å². The van der Waals surface area contributed by atoms with Gasteiger partial charge in [0, 0.05) is 22.4 Å². The van der Waals surface area contributed by atoms with Crippen molar-refractivity contribution in [1.82, 2.24) is 0 Å². The molecule has 1 N–H and O–H groups in total. The molecule has 25 heavy (non-hydrogen) atoms. The smallest absolute Gasteiger partial charge is 0.446 e. The van der Waals surface area contributed by atoms with Crippen LogP contribution in [-0.4, -0.2) is 16.5 Å². The highest BCUT2D eigenvalue weighted by Gasteiger charge is 2.50. The van der Waals surface area contributed by atoms with Gasteiger partial charge in [0.15, 0.2) is 0 Å². The van der Waals surface area contributed by atoms with Crippen molar-refractivity contribution in [2.24, 2.45) is 0 Å². The quantitative estimate of drug-likeness (QED) is 0.567. The van der Waals surface area contributed by atoms with Crippen LogP contribution in [0.25, 0.3) is 0 Å². The molecule has 1 aliphatic carbocycles. The zero-order chi connectivity index (χ0) is 18.4. The molecule has 1 atom stereocenters. The Balaban J connectivity index is 2.03. The van der Waals surface area contributed by atoms with Crippen molar-refractivity contribution >= 4 is 11.8 Å². The van der Waals surface area contributed by atoms with E-state index in [0.29, 0.717) is 0 Å². The molecule has 0 saturated heterocycles. The fraction of sp³-hybridized carbons (Fsp3) is 0.250. The summed E-state index contributed by atoms with van der Waals surface area (Å²) in [7, 11) is 0. The Bertz CT molecular complexity index is 788. The largest absolute Gasteiger partial charge is 0.457 e. The first-order valence-electron chi connectivity index (χ1n) is 6.98. The molecule has 0 aromatic heterocycles. The van der Waals surface area contributed by atoms with Crippen molar-refractivity contribution in [2.45, 2.75) is 28.9 Å². The van der Waals surface area contributed by atoms with Gasteiger partial charge in [-0.15, -0.1) is 0 Å². The Kier molecular flexibility index (Phi) is 4.40. The molecule has 0 aliphatic heterocycles. The number of rotatable bonds is 3. The molecular weight excluding hydrogens is 370 g/mol. The first-order chi connectivity index (χ1) is 11.6. The molecule has 1 aliphatic rings. The highest BCUT2D eigenvalue weighted by atomic mass is 32.2. The van der Waals surface area contributed by atoms with E-state index in [2.05, 4.69) is 0 Å². The van der Waals surface area contributed by atoms with E-state index in [1.54, 1.807) is 0 Å². The van der Waals surface area contributed by atoms with Gasteiger partial charge in [-0.3, -0.25) is 0 Å². The van der Waals surface area contributed by atoms with Gasteiger partial charge in [0.2, 0.25) is 0 Å². The van der Waals surface area contributed by atoms with Gasteiger partial charge < -0.3 is 9.84 Å². The third-order valence-corrected chi connectivity index (χ3v) is 4.43. The third kappa shape index (κ3) is 3.72. The van der Waals surface area contributed by atoms with Crippen molar-refractivity contribution in [3.8, 4) is 11.5 Å². The van der Waals surface area contributed by atoms with Gasteiger partial charge in [-0.1, -0.05) is 0 Å². The second-order valence-corrected chi connectivity index (χ2v) is 6.51. The summed E-state index contributed by atoms with van der Waals surface area (Å²) in [6.45, 7) is 0. The van der Waals surface area contributed by atoms with Crippen LogP contribution in [0.4, 0.5) is 26.3 Å². The molecule has 3 rings (SSSR count). The lowest BCUT2D eigenvalue weighted by Crippen LogP contribution is -2.21. The zero-order valence-corrected chi connectivity index (χ0v) is 13.1. The number of fused-ring (bicyclic) bond motifs is 1. The molecule has 0 bridgehead atoms. The van der Waals surface area contributed by atoms with E-state index in [-0.39, 0.29) is 17.1 Å². The SMILES string of the molecule is OC1c2c(SC(F)(F)F)ccc(Oc3ccc(F)cc3)c2CC1(F)F. The molecular formula is C16H10F6O2S. The van der Waals surface area contributed by atoms with Crippen LogP contribution in [-0.2, 0) is 6.42 Å². The fourth-order valence-corrected chi connectivity index (χ4v) is 3.32. The molecule has 1 unspecified atom stereocenters. The highest BCUT2D eigenvalue weighted by molar-refractivity contribution is 8.00. The van der Waals surface area contributed by atoms with E-state index in [1.807, 2.05) is 0 Å². The fourth-order valence-electron chi connectivity index (χ4n) is 2.59. The zero-order valence-electron chi connectivity index (χ0n) is 12.3. The molecule has 0 radical (unpaired) electrons. The summed E-state index contributed by atoms with van der Waals surface area (Å²) in [5, 5.41) is 9.78. The van der Waals surface area contributed by atoms with Crippen LogP contribution in [0.3, 0.4) is 0 Å². The van der Waals surface area contributed by atoms with E-state index < -0.39 is 52.0 Å².